The standard InChI is InChI=1S/C16H22N6O3S/c1-12-18-15(21-20-12)13-5-4-6-14(11-13)19-16(23)17-7-10-26(24,25)22-8-2-3-9-22/h4-6,11H,2-3,7-10H2,1H3,(H2,17,19,23)(H,18,20,21). The number of sulfonamides is 1. The van der Waals surface area contributed by atoms with Crippen molar-refractivity contribution in [2.75, 3.05) is 30.7 Å². The number of carbonyl (C=O) groups is 1. The highest BCUT2D eigenvalue weighted by molar-refractivity contribution is 7.89. The van der Waals surface area contributed by atoms with E-state index < -0.39 is 16.1 Å². The van der Waals surface area contributed by atoms with Crippen molar-refractivity contribution in [2.24, 2.45) is 0 Å². The van der Waals surface area contributed by atoms with Crippen LogP contribution in [0.1, 0.15) is 18.7 Å². The molecule has 1 aromatic carbocycles. The fourth-order valence-corrected chi connectivity index (χ4v) is 4.20. The molecule has 0 radical (unpaired) electrons. The zero-order valence-electron chi connectivity index (χ0n) is 14.5. The first-order valence-electron chi connectivity index (χ1n) is 8.46. The Balaban J connectivity index is 1.52. The van der Waals surface area contributed by atoms with Gasteiger partial charge in [-0.3, -0.25) is 5.10 Å². The Hall–Kier alpha value is -2.46. The van der Waals surface area contributed by atoms with Crippen molar-refractivity contribution < 1.29 is 13.2 Å². The fourth-order valence-electron chi connectivity index (χ4n) is 2.77. The summed E-state index contributed by atoms with van der Waals surface area (Å²) in [4.78, 5) is 16.3. The van der Waals surface area contributed by atoms with Crippen LogP contribution < -0.4 is 10.6 Å². The number of aromatic nitrogens is 3. The van der Waals surface area contributed by atoms with E-state index in [0.717, 1.165) is 18.4 Å². The minimum absolute atomic E-state index is 0.0600. The third-order valence-corrected chi connectivity index (χ3v) is 5.95. The first kappa shape index (κ1) is 18.3. The van der Waals surface area contributed by atoms with E-state index in [9.17, 15) is 13.2 Å². The van der Waals surface area contributed by atoms with Crippen LogP contribution in [0.25, 0.3) is 11.4 Å². The third-order valence-electron chi connectivity index (χ3n) is 4.08. The molecule has 1 aliphatic heterocycles. The molecule has 2 amide bonds. The van der Waals surface area contributed by atoms with Gasteiger partial charge in [0.15, 0.2) is 5.82 Å². The lowest BCUT2D eigenvalue weighted by Crippen LogP contribution is -2.37. The molecule has 1 aromatic heterocycles. The molecule has 3 N–H and O–H groups in total. The number of nitrogens with one attached hydrogen (secondary N) is 3. The Morgan fingerprint density at radius 2 is 2.08 bits per heavy atom. The lowest BCUT2D eigenvalue weighted by molar-refractivity contribution is 0.252. The molecule has 0 aliphatic carbocycles. The van der Waals surface area contributed by atoms with Gasteiger partial charge in [0.1, 0.15) is 5.82 Å². The van der Waals surface area contributed by atoms with Crippen LogP contribution in [0, 0.1) is 6.92 Å². The summed E-state index contributed by atoms with van der Waals surface area (Å²) in [5.74, 6) is 1.15. The Kier molecular flexibility index (Phi) is 5.52. The van der Waals surface area contributed by atoms with Gasteiger partial charge in [-0.05, 0) is 31.9 Å². The summed E-state index contributed by atoms with van der Waals surface area (Å²) < 4.78 is 25.7. The first-order valence-corrected chi connectivity index (χ1v) is 10.1. The number of aryl methyl sites for hydroxylation is 1. The highest BCUT2D eigenvalue weighted by Gasteiger charge is 2.24. The molecule has 140 valence electrons. The molecule has 9 nitrogen and oxygen atoms in total. The van der Waals surface area contributed by atoms with Crippen molar-refractivity contribution in [3.8, 4) is 11.4 Å². The van der Waals surface area contributed by atoms with Crippen molar-refractivity contribution in [1.29, 1.82) is 0 Å². The average Bonchev–Trinajstić information content (AvgIpc) is 3.27. The largest absolute Gasteiger partial charge is 0.337 e. The molecule has 1 saturated heterocycles. The second-order valence-corrected chi connectivity index (χ2v) is 8.22. The second-order valence-electron chi connectivity index (χ2n) is 6.13. The molecule has 26 heavy (non-hydrogen) atoms. The van der Waals surface area contributed by atoms with E-state index in [1.54, 1.807) is 18.2 Å². The van der Waals surface area contributed by atoms with Crippen LogP contribution in [-0.4, -0.2) is 59.3 Å². The van der Waals surface area contributed by atoms with Crippen molar-refractivity contribution in [3.05, 3.63) is 30.1 Å². The molecule has 10 heteroatoms. The van der Waals surface area contributed by atoms with Crippen LogP contribution in [0.3, 0.4) is 0 Å². The number of carbonyl (C=O) groups excluding carboxylic acids is 1. The SMILES string of the molecule is Cc1nc(-c2cccc(NC(=O)NCCS(=O)(=O)N3CCCC3)c2)n[nH]1. The Morgan fingerprint density at radius 1 is 1.31 bits per heavy atom. The van der Waals surface area contributed by atoms with E-state index in [4.69, 9.17) is 0 Å². The monoisotopic (exact) mass is 378 g/mol. The van der Waals surface area contributed by atoms with Gasteiger partial charge in [-0.1, -0.05) is 12.1 Å². The summed E-state index contributed by atoms with van der Waals surface area (Å²) in [5.41, 5.74) is 1.34. The number of urea groups is 1. The zero-order valence-corrected chi connectivity index (χ0v) is 15.3. The molecule has 2 heterocycles. The number of H-pyrrole nitrogens is 1. The average molecular weight is 378 g/mol. The van der Waals surface area contributed by atoms with Crippen molar-refractivity contribution >= 4 is 21.7 Å². The summed E-state index contributed by atoms with van der Waals surface area (Å²) in [5, 5.41) is 12.1. The van der Waals surface area contributed by atoms with E-state index >= 15 is 0 Å². The van der Waals surface area contributed by atoms with Crippen LogP contribution in [0.2, 0.25) is 0 Å². The van der Waals surface area contributed by atoms with Gasteiger partial charge < -0.3 is 10.6 Å². The number of nitrogens with zero attached hydrogens (tertiary/aromatic N) is 3. The maximum atomic E-state index is 12.1. The van der Waals surface area contributed by atoms with Crippen LogP contribution in [0.15, 0.2) is 24.3 Å². The maximum Gasteiger partial charge on any atom is 0.319 e. The summed E-state index contributed by atoms with van der Waals surface area (Å²) in [6.45, 7) is 3.01. The van der Waals surface area contributed by atoms with Crippen LogP contribution in [0.4, 0.5) is 10.5 Å². The fraction of sp³-hybridized carbons (Fsp3) is 0.438. The quantitative estimate of drug-likeness (QED) is 0.700. The summed E-state index contributed by atoms with van der Waals surface area (Å²) in [7, 11) is -3.30. The molecule has 2 aromatic rings. The lowest BCUT2D eigenvalue weighted by atomic mass is 10.2. The number of anilines is 1. The van der Waals surface area contributed by atoms with E-state index in [0.29, 0.717) is 30.4 Å². The summed E-state index contributed by atoms with van der Waals surface area (Å²) >= 11 is 0. The second kappa shape index (κ2) is 7.83. The Morgan fingerprint density at radius 3 is 2.77 bits per heavy atom. The topological polar surface area (TPSA) is 120 Å². The van der Waals surface area contributed by atoms with Gasteiger partial charge in [0.25, 0.3) is 0 Å². The highest BCUT2D eigenvalue weighted by Crippen LogP contribution is 2.19. The van der Waals surface area contributed by atoms with Gasteiger partial charge in [-0.2, -0.15) is 5.10 Å². The predicted molar refractivity (Wildman–Crippen MR) is 98.2 cm³/mol. The van der Waals surface area contributed by atoms with Gasteiger partial charge >= 0.3 is 6.03 Å². The van der Waals surface area contributed by atoms with E-state index in [1.165, 1.54) is 4.31 Å². The predicted octanol–water partition coefficient (Wildman–Crippen LogP) is 1.33. The molecular formula is C16H22N6O3S. The molecule has 1 fully saturated rings. The maximum absolute atomic E-state index is 12.1. The number of benzene rings is 1. The Bertz CT molecular complexity index is 874. The van der Waals surface area contributed by atoms with E-state index in [1.807, 2.05) is 13.0 Å². The van der Waals surface area contributed by atoms with Gasteiger partial charge in [0, 0.05) is 30.9 Å². The van der Waals surface area contributed by atoms with Crippen LogP contribution in [-0.2, 0) is 10.0 Å². The number of hydrogen-bond donors (Lipinski definition) is 3. The lowest BCUT2D eigenvalue weighted by Gasteiger charge is -2.15. The molecule has 0 atom stereocenters. The van der Waals surface area contributed by atoms with Crippen molar-refractivity contribution in [3.63, 3.8) is 0 Å². The van der Waals surface area contributed by atoms with Crippen molar-refractivity contribution in [1.82, 2.24) is 24.8 Å². The van der Waals surface area contributed by atoms with E-state index in [-0.39, 0.29) is 12.3 Å². The first-order chi connectivity index (χ1) is 12.4. The normalized spacial score (nSPS) is 15.1. The number of aromatic amines is 1. The molecular weight excluding hydrogens is 356 g/mol. The molecule has 0 bridgehead atoms. The molecule has 0 spiro atoms. The molecule has 3 rings (SSSR count). The van der Waals surface area contributed by atoms with Gasteiger partial charge in [-0.25, -0.2) is 22.5 Å². The smallest absolute Gasteiger partial charge is 0.319 e. The summed E-state index contributed by atoms with van der Waals surface area (Å²) in [6, 6.07) is 6.67. The van der Waals surface area contributed by atoms with Crippen LogP contribution >= 0.6 is 0 Å². The minimum atomic E-state index is -3.30. The van der Waals surface area contributed by atoms with Gasteiger partial charge in [0.05, 0.1) is 5.75 Å². The van der Waals surface area contributed by atoms with Crippen LogP contribution in [0.5, 0.6) is 0 Å². The minimum Gasteiger partial charge on any atom is -0.337 e. The molecule has 0 unspecified atom stereocenters. The highest BCUT2D eigenvalue weighted by atomic mass is 32.2. The third kappa shape index (κ3) is 4.58. The zero-order chi connectivity index (χ0) is 18.6. The van der Waals surface area contributed by atoms with Gasteiger partial charge in [-0.15, -0.1) is 0 Å². The van der Waals surface area contributed by atoms with E-state index in [2.05, 4.69) is 25.8 Å². The number of hydrogen-bond acceptors (Lipinski definition) is 5. The molecule has 1 aliphatic rings. The number of amides is 2. The number of rotatable bonds is 6. The van der Waals surface area contributed by atoms with Crippen molar-refractivity contribution in [2.45, 2.75) is 19.8 Å². The summed E-state index contributed by atoms with van der Waals surface area (Å²) in [6.07, 6.45) is 1.79. The molecule has 0 saturated carbocycles. The van der Waals surface area contributed by atoms with Gasteiger partial charge in [0.2, 0.25) is 10.0 Å². The Labute approximate surface area is 152 Å².